The Morgan fingerprint density at radius 3 is 3.17 bits per heavy atom. The fourth-order valence-electron chi connectivity index (χ4n) is 3.70. The maximum Gasteiger partial charge on any atom is 0.139 e. The van der Waals surface area contributed by atoms with Crippen LogP contribution in [0.1, 0.15) is 31.7 Å². The van der Waals surface area contributed by atoms with Crippen molar-refractivity contribution in [2.75, 3.05) is 13.1 Å². The van der Waals surface area contributed by atoms with Crippen LogP contribution in [0.5, 0.6) is 0 Å². The number of hydrogen-bond acceptors (Lipinski definition) is 5. The van der Waals surface area contributed by atoms with Gasteiger partial charge in [0.05, 0.1) is 30.5 Å². The molecule has 2 atom stereocenters. The molecule has 4 heterocycles. The van der Waals surface area contributed by atoms with Gasteiger partial charge in [-0.15, -0.1) is 0 Å². The molecule has 0 bridgehead atoms. The van der Waals surface area contributed by atoms with Gasteiger partial charge in [-0.05, 0) is 25.3 Å². The fourth-order valence-corrected chi connectivity index (χ4v) is 3.70. The average Bonchev–Trinajstić information content (AvgIpc) is 3.15. The summed E-state index contributed by atoms with van der Waals surface area (Å²) in [5.74, 6) is 0. The Hall–Kier alpha value is -2.43. The van der Waals surface area contributed by atoms with E-state index in [-0.39, 0.29) is 6.42 Å². The van der Waals surface area contributed by atoms with Gasteiger partial charge in [-0.2, -0.15) is 5.26 Å². The molecule has 2 N–H and O–H groups in total. The van der Waals surface area contributed by atoms with Gasteiger partial charge in [-0.1, -0.05) is 0 Å². The Balaban J connectivity index is 1.64. The zero-order valence-electron chi connectivity index (χ0n) is 13.4. The van der Waals surface area contributed by atoms with Gasteiger partial charge < -0.3 is 14.7 Å². The number of nitrogens with one attached hydrogen (secondary N) is 1. The molecule has 24 heavy (non-hydrogen) atoms. The Morgan fingerprint density at radius 1 is 1.38 bits per heavy atom. The Morgan fingerprint density at radius 2 is 2.29 bits per heavy atom. The van der Waals surface area contributed by atoms with Gasteiger partial charge in [0.2, 0.25) is 0 Å². The topological polar surface area (TPSA) is 93.8 Å². The highest BCUT2D eigenvalue weighted by atomic mass is 16.3. The molecule has 1 aliphatic heterocycles. The van der Waals surface area contributed by atoms with E-state index in [0.717, 1.165) is 54.4 Å². The second kappa shape index (κ2) is 6.23. The first-order valence-corrected chi connectivity index (χ1v) is 8.35. The predicted molar refractivity (Wildman–Crippen MR) is 90.1 cm³/mol. The number of imidazole rings is 1. The molecule has 0 saturated carbocycles. The van der Waals surface area contributed by atoms with Crippen molar-refractivity contribution in [3.63, 3.8) is 0 Å². The summed E-state index contributed by atoms with van der Waals surface area (Å²) in [7, 11) is 0. The highest BCUT2D eigenvalue weighted by molar-refractivity contribution is 6.00. The summed E-state index contributed by atoms with van der Waals surface area (Å²) in [5.41, 5.74) is 2.91. The summed E-state index contributed by atoms with van der Waals surface area (Å²) in [6.45, 7) is 1.61. The van der Waals surface area contributed by atoms with Crippen LogP contribution in [0.15, 0.2) is 24.8 Å². The third-order valence-corrected chi connectivity index (χ3v) is 4.94. The number of aliphatic hydroxyl groups is 1. The number of pyridine rings is 1. The van der Waals surface area contributed by atoms with Crippen LogP contribution in [0.2, 0.25) is 0 Å². The summed E-state index contributed by atoms with van der Waals surface area (Å²) >= 11 is 0. The van der Waals surface area contributed by atoms with Crippen molar-refractivity contribution >= 4 is 22.1 Å². The van der Waals surface area contributed by atoms with Gasteiger partial charge in [0.15, 0.2) is 0 Å². The normalized spacial score (nSPS) is 20.9. The molecule has 1 saturated heterocycles. The number of aromatic amines is 1. The van der Waals surface area contributed by atoms with E-state index in [1.807, 2.05) is 35.8 Å². The number of fused-ring (bicyclic) bond motifs is 3. The predicted octanol–water partition coefficient (Wildman–Crippen LogP) is 2.17. The third kappa shape index (κ3) is 2.54. The highest BCUT2D eigenvalue weighted by Gasteiger charge is 2.24. The molecule has 3 aromatic rings. The Bertz CT molecular complexity index is 891. The summed E-state index contributed by atoms with van der Waals surface area (Å²) in [5, 5.41) is 19.9. The second-order valence-electron chi connectivity index (χ2n) is 6.35. The fraction of sp³-hybridized carbons (Fsp3) is 0.471. The van der Waals surface area contributed by atoms with Crippen molar-refractivity contribution in [3.8, 4) is 6.07 Å². The van der Waals surface area contributed by atoms with E-state index in [1.54, 1.807) is 0 Å². The summed E-state index contributed by atoms with van der Waals surface area (Å²) in [4.78, 5) is 14.1. The van der Waals surface area contributed by atoms with Gasteiger partial charge in [0.25, 0.3) is 0 Å². The Labute approximate surface area is 139 Å². The SMILES string of the molecule is N#CCC(O)N1CCCC(n2cnc3cnc4[nH]ccc4c32)CC1. The van der Waals surface area contributed by atoms with Gasteiger partial charge in [0, 0.05) is 30.7 Å². The van der Waals surface area contributed by atoms with Crippen molar-refractivity contribution in [3.05, 3.63) is 24.8 Å². The second-order valence-corrected chi connectivity index (χ2v) is 6.35. The molecule has 0 aliphatic carbocycles. The molecule has 7 heteroatoms. The molecule has 7 nitrogen and oxygen atoms in total. The molecule has 2 unspecified atom stereocenters. The zero-order chi connectivity index (χ0) is 16.5. The van der Waals surface area contributed by atoms with Crippen LogP contribution >= 0.6 is 0 Å². The van der Waals surface area contributed by atoms with E-state index in [2.05, 4.69) is 19.5 Å². The van der Waals surface area contributed by atoms with E-state index >= 15 is 0 Å². The largest absolute Gasteiger partial charge is 0.377 e. The number of H-pyrrole nitrogens is 1. The molecule has 0 amide bonds. The van der Waals surface area contributed by atoms with Gasteiger partial charge in [0.1, 0.15) is 17.4 Å². The van der Waals surface area contributed by atoms with Crippen molar-refractivity contribution in [2.45, 2.75) is 38.0 Å². The minimum absolute atomic E-state index is 0.161. The number of likely N-dealkylation sites (tertiary alicyclic amines) is 1. The number of aliphatic hydroxyl groups excluding tert-OH is 1. The van der Waals surface area contributed by atoms with Gasteiger partial charge in [-0.3, -0.25) is 4.90 Å². The lowest BCUT2D eigenvalue weighted by atomic mass is 10.1. The van der Waals surface area contributed by atoms with Gasteiger partial charge in [-0.25, -0.2) is 9.97 Å². The lowest BCUT2D eigenvalue weighted by Gasteiger charge is -2.24. The van der Waals surface area contributed by atoms with E-state index in [4.69, 9.17) is 5.26 Å². The van der Waals surface area contributed by atoms with Crippen molar-refractivity contribution in [2.24, 2.45) is 0 Å². The van der Waals surface area contributed by atoms with E-state index in [9.17, 15) is 5.11 Å². The minimum atomic E-state index is -0.658. The van der Waals surface area contributed by atoms with Crippen LogP contribution in [0.4, 0.5) is 0 Å². The van der Waals surface area contributed by atoms with Crippen molar-refractivity contribution < 1.29 is 5.11 Å². The third-order valence-electron chi connectivity index (χ3n) is 4.94. The van der Waals surface area contributed by atoms with E-state index < -0.39 is 6.23 Å². The molecule has 4 rings (SSSR count). The maximum atomic E-state index is 10.1. The lowest BCUT2D eigenvalue weighted by Crippen LogP contribution is -2.35. The maximum absolute atomic E-state index is 10.1. The van der Waals surface area contributed by atoms with Crippen LogP contribution in [0.25, 0.3) is 22.1 Å². The first-order chi connectivity index (χ1) is 11.8. The Kier molecular flexibility index (Phi) is 3.92. The molecule has 0 aromatic carbocycles. The standard InChI is InChI=1S/C17H20N6O/c18-6-3-15(24)22-8-1-2-12(5-9-22)23-11-21-14-10-20-17-13(16(14)23)4-7-19-17/h4,7,10-12,15,24H,1-3,5,8-9H2,(H,19,20). The first-order valence-electron chi connectivity index (χ1n) is 8.35. The number of nitrogens with zero attached hydrogens (tertiary/aromatic N) is 5. The quantitative estimate of drug-likeness (QED) is 0.770. The molecule has 1 aliphatic rings. The van der Waals surface area contributed by atoms with Crippen molar-refractivity contribution in [1.29, 1.82) is 5.26 Å². The molecular formula is C17H20N6O. The molecule has 0 spiro atoms. The van der Waals surface area contributed by atoms with Gasteiger partial charge >= 0.3 is 0 Å². The molecule has 124 valence electrons. The highest BCUT2D eigenvalue weighted by Crippen LogP contribution is 2.30. The van der Waals surface area contributed by atoms with Crippen LogP contribution in [-0.4, -0.2) is 48.8 Å². The molecular weight excluding hydrogens is 304 g/mol. The van der Waals surface area contributed by atoms with Crippen LogP contribution in [-0.2, 0) is 0 Å². The minimum Gasteiger partial charge on any atom is -0.377 e. The summed E-state index contributed by atoms with van der Waals surface area (Å²) < 4.78 is 2.26. The van der Waals surface area contributed by atoms with E-state index in [0.29, 0.717) is 6.04 Å². The smallest absolute Gasteiger partial charge is 0.139 e. The van der Waals surface area contributed by atoms with Crippen LogP contribution in [0.3, 0.4) is 0 Å². The van der Waals surface area contributed by atoms with Crippen LogP contribution in [0, 0.1) is 11.3 Å². The molecule has 1 fully saturated rings. The number of nitriles is 1. The lowest BCUT2D eigenvalue weighted by molar-refractivity contribution is 0.00950. The first kappa shape index (κ1) is 15.1. The molecule has 0 radical (unpaired) electrons. The molecule has 3 aromatic heterocycles. The van der Waals surface area contributed by atoms with E-state index in [1.165, 1.54) is 0 Å². The summed E-state index contributed by atoms with van der Waals surface area (Å²) in [6.07, 6.45) is 8.09. The van der Waals surface area contributed by atoms with Crippen molar-refractivity contribution in [1.82, 2.24) is 24.4 Å². The summed E-state index contributed by atoms with van der Waals surface area (Å²) in [6, 6.07) is 4.43. The number of rotatable bonds is 3. The van der Waals surface area contributed by atoms with Crippen LogP contribution < -0.4 is 0 Å². The number of aromatic nitrogens is 4. The average molecular weight is 324 g/mol. The number of hydrogen-bond donors (Lipinski definition) is 2. The monoisotopic (exact) mass is 324 g/mol. The zero-order valence-corrected chi connectivity index (χ0v) is 13.4.